The molecule has 1 nitrogen and oxygen atoms in total. The highest BCUT2D eigenvalue weighted by Gasteiger charge is 2.15. The number of halogens is 2. The Morgan fingerprint density at radius 3 is 2.65 bits per heavy atom. The first-order valence-electron chi connectivity index (χ1n) is 6.00. The van der Waals surface area contributed by atoms with Crippen molar-refractivity contribution in [2.75, 3.05) is 0 Å². The van der Waals surface area contributed by atoms with E-state index in [0.717, 1.165) is 27.4 Å². The van der Waals surface area contributed by atoms with Gasteiger partial charge in [0.15, 0.2) is 0 Å². The highest BCUT2D eigenvalue weighted by molar-refractivity contribution is 9.13. The Balaban J connectivity index is 2.20. The van der Waals surface area contributed by atoms with Gasteiger partial charge >= 0.3 is 0 Å². The van der Waals surface area contributed by atoms with Crippen LogP contribution in [-0.2, 0) is 0 Å². The predicted molar refractivity (Wildman–Crippen MR) is 78.0 cm³/mol. The molecule has 3 heteroatoms. The lowest BCUT2D eigenvalue weighted by Gasteiger charge is -2.15. The second-order valence-corrected chi connectivity index (χ2v) is 6.16. The minimum Gasteiger partial charge on any atom is -0.384 e. The van der Waals surface area contributed by atoms with Crippen molar-refractivity contribution in [3.05, 3.63) is 44.4 Å². The van der Waals surface area contributed by atoms with Crippen molar-refractivity contribution in [2.24, 2.45) is 0 Å². The normalized spacial score (nSPS) is 18.4. The topological polar surface area (TPSA) is 20.2 Å². The number of allylic oxidation sites excluding steroid dienone is 1. The molecule has 0 spiro atoms. The van der Waals surface area contributed by atoms with Crippen molar-refractivity contribution in [2.45, 2.75) is 38.2 Å². The molecule has 2 rings (SSSR count). The van der Waals surface area contributed by atoms with E-state index in [1.807, 2.05) is 18.2 Å². The van der Waals surface area contributed by atoms with E-state index in [1.165, 1.54) is 24.8 Å². The molecule has 1 atom stereocenters. The zero-order chi connectivity index (χ0) is 12.3. The maximum atomic E-state index is 10.4. The summed E-state index contributed by atoms with van der Waals surface area (Å²) in [5, 5.41) is 10.4. The average molecular weight is 360 g/mol. The van der Waals surface area contributed by atoms with Crippen LogP contribution in [0.5, 0.6) is 0 Å². The summed E-state index contributed by atoms with van der Waals surface area (Å²) in [6.07, 6.45) is 7.61. The van der Waals surface area contributed by atoms with Crippen LogP contribution in [0, 0.1) is 0 Å². The molecular formula is C14H16Br2O. The van der Waals surface area contributed by atoms with Gasteiger partial charge in [0.2, 0.25) is 0 Å². The molecule has 1 aliphatic rings. The van der Waals surface area contributed by atoms with Gasteiger partial charge in [-0.25, -0.2) is 0 Å². The van der Waals surface area contributed by atoms with Gasteiger partial charge in [0.05, 0.1) is 0 Å². The van der Waals surface area contributed by atoms with Crippen LogP contribution in [0.25, 0.3) is 0 Å². The lowest BCUT2D eigenvalue weighted by Crippen LogP contribution is -2.01. The largest absolute Gasteiger partial charge is 0.384 e. The quantitative estimate of drug-likeness (QED) is 0.725. The molecule has 1 aromatic carbocycles. The van der Waals surface area contributed by atoms with E-state index in [-0.39, 0.29) is 0 Å². The molecule has 0 heterocycles. The molecule has 1 unspecified atom stereocenters. The lowest BCUT2D eigenvalue weighted by atomic mass is 9.98. The van der Waals surface area contributed by atoms with E-state index < -0.39 is 6.10 Å². The first kappa shape index (κ1) is 13.3. The summed E-state index contributed by atoms with van der Waals surface area (Å²) < 4.78 is 2.01. The monoisotopic (exact) mass is 358 g/mol. The fraction of sp³-hybridized carbons (Fsp3) is 0.429. The number of aliphatic hydroxyl groups is 1. The zero-order valence-corrected chi connectivity index (χ0v) is 12.8. The molecule has 0 radical (unpaired) electrons. The van der Waals surface area contributed by atoms with Crippen LogP contribution in [0.4, 0.5) is 0 Å². The van der Waals surface area contributed by atoms with Crippen LogP contribution in [0.3, 0.4) is 0 Å². The fourth-order valence-electron chi connectivity index (χ4n) is 2.18. The molecule has 0 saturated heterocycles. The Morgan fingerprint density at radius 1 is 1.06 bits per heavy atom. The summed E-state index contributed by atoms with van der Waals surface area (Å²) in [5.74, 6) is 0. The zero-order valence-electron chi connectivity index (χ0n) is 9.63. The van der Waals surface area contributed by atoms with E-state index >= 15 is 0 Å². The number of rotatable bonds is 2. The molecule has 1 aromatic rings. The van der Waals surface area contributed by atoms with Gasteiger partial charge in [-0.3, -0.25) is 0 Å². The summed E-state index contributed by atoms with van der Waals surface area (Å²) in [7, 11) is 0. The average Bonchev–Trinajstić information content (AvgIpc) is 2.60. The lowest BCUT2D eigenvalue weighted by molar-refractivity contribution is 0.210. The van der Waals surface area contributed by atoms with Gasteiger partial charge in [-0.05, 0) is 80.8 Å². The van der Waals surface area contributed by atoms with Crippen LogP contribution in [0.1, 0.15) is 43.8 Å². The Hall–Kier alpha value is -0.120. The van der Waals surface area contributed by atoms with E-state index in [1.54, 1.807) is 0 Å². The van der Waals surface area contributed by atoms with Crippen molar-refractivity contribution < 1.29 is 5.11 Å². The van der Waals surface area contributed by atoms with Crippen LogP contribution < -0.4 is 0 Å². The van der Waals surface area contributed by atoms with Crippen molar-refractivity contribution in [3.8, 4) is 0 Å². The van der Waals surface area contributed by atoms with Crippen molar-refractivity contribution in [1.29, 1.82) is 0 Å². The fourth-order valence-corrected chi connectivity index (χ4v) is 2.83. The molecule has 0 fully saturated rings. The van der Waals surface area contributed by atoms with Gasteiger partial charge < -0.3 is 5.11 Å². The summed E-state index contributed by atoms with van der Waals surface area (Å²) in [5.41, 5.74) is 2.14. The first-order valence-corrected chi connectivity index (χ1v) is 7.59. The Bertz CT molecular complexity index is 426. The second kappa shape index (κ2) is 6.17. The summed E-state index contributed by atoms with van der Waals surface area (Å²) in [4.78, 5) is 0. The molecule has 0 aliphatic heterocycles. The van der Waals surface area contributed by atoms with Crippen LogP contribution in [0.2, 0.25) is 0 Å². The molecule has 1 N–H and O–H groups in total. The molecule has 17 heavy (non-hydrogen) atoms. The maximum absolute atomic E-state index is 10.4. The van der Waals surface area contributed by atoms with Crippen LogP contribution in [0.15, 0.2) is 38.8 Å². The SMILES string of the molecule is OC(C1=CCCCCC1)c1ccc(Br)c(Br)c1. The van der Waals surface area contributed by atoms with Gasteiger partial charge in [-0.1, -0.05) is 18.6 Å². The van der Waals surface area contributed by atoms with Crippen molar-refractivity contribution >= 4 is 31.9 Å². The smallest absolute Gasteiger partial charge is 0.100 e. The third kappa shape index (κ3) is 3.43. The van der Waals surface area contributed by atoms with Gasteiger partial charge in [0, 0.05) is 8.95 Å². The van der Waals surface area contributed by atoms with E-state index in [4.69, 9.17) is 0 Å². The van der Waals surface area contributed by atoms with Gasteiger partial charge in [0.25, 0.3) is 0 Å². The number of hydrogen-bond donors (Lipinski definition) is 1. The number of benzene rings is 1. The second-order valence-electron chi connectivity index (χ2n) is 4.45. The van der Waals surface area contributed by atoms with Gasteiger partial charge in [0.1, 0.15) is 6.10 Å². The summed E-state index contributed by atoms with van der Waals surface area (Å²) >= 11 is 6.92. The standard InChI is InChI=1S/C14H16Br2O/c15-12-8-7-11(9-13(12)16)14(17)10-5-3-1-2-4-6-10/h5,7-9,14,17H,1-4,6H2. The Labute approximate surface area is 119 Å². The minimum atomic E-state index is -0.447. The highest BCUT2D eigenvalue weighted by atomic mass is 79.9. The van der Waals surface area contributed by atoms with E-state index in [2.05, 4.69) is 37.9 Å². The molecule has 0 bridgehead atoms. The van der Waals surface area contributed by atoms with Crippen LogP contribution in [-0.4, -0.2) is 5.11 Å². The van der Waals surface area contributed by atoms with Gasteiger partial charge in [-0.2, -0.15) is 0 Å². The van der Waals surface area contributed by atoms with E-state index in [9.17, 15) is 5.11 Å². The number of aliphatic hydroxyl groups excluding tert-OH is 1. The maximum Gasteiger partial charge on any atom is 0.100 e. The van der Waals surface area contributed by atoms with Crippen molar-refractivity contribution in [1.82, 2.24) is 0 Å². The van der Waals surface area contributed by atoms with Crippen LogP contribution >= 0.6 is 31.9 Å². The van der Waals surface area contributed by atoms with Crippen molar-refractivity contribution in [3.63, 3.8) is 0 Å². The minimum absolute atomic E-state index is 0.447. The summed E-state index contributed by atoms with van der Waals surface area (Å²) in [6.45, 7) is 0. The van der Waals surface area contributed by atoms with E-state index in [0.29, 0.717) is 0 Å². The molecule has 92 valence electrons. The molecule has 0 aromatic heterocycles. The molecule has 1 aliphatic carbocycles. The molecular weight excluding hydrogens is 344 g/mol. The summed E-state index contributed by atoms with van der Waals surface area (Å²) in [6, 6.07) is 5.94. The third-order valence-electron chi connectivity index (χ3n) is 3.19. The predicted octanol–water partition coefficient (Wildman–Crippen LogP) is 5.14. The first-order chi connectivity index (χ1) is 8.18. The molecule has 0 amide bonds. The highest BCUT2D eigenvalue weighted by Crippen LogP contribution is 2.32. The third-order valence-corrected chi connectivity index (χ3v) is 5.07. The van der Waals surface area contributed by atoms with Gasteiger partial charge in [-0.15, -0.1) is 0 Å². The Kier molecular flexibility index (Phi) is 4.83. The molecule has 0 saturated carbocycles. The number of hydrogen-bond acceptors (Lipinski definition) is 1. The Morgan fingerprint density at radius 2 is 1.88 bits per heavy atom.